The number of rotatable bonds is 5. The summed E-state index contributed by atoms with van der Waals surface area (Å²) in [5.41, 5.74) is 8.79. The van der Waals surface area contributed by atoms with Crippen molar-refractivity contribution in [3.63, 3.8) is 0 Å². The fourth-order valence-electron chi connectivity index (χ4n) is 3.21. The molecule has 1 amide bonds. The van der Waals surface area contributed by atoms with Gasteiger partial charge in [-0.2, -0.15) is 10.4 Å². The number of carboxylic acid groups (broad SMARTS) is 1. The summed E-state index contributed by atoms with van der Waals surface area (Å²) >= 11 is 0. The van der Waals surface area contributed by atoms with Crippen LogP contribution in [0.5, 0.6) is 5.75 Å². The number of hydrogen-bond donors (Lipinski definition) is 3. The molecule has 3 aromatic rings. The highest BCUT2D eigenvalue weighted by Crippen LogP contribution is 2.35. The number of carbonyl (C=O) groups excluding carboxylic acids is 1. The second-order valence-electron chi connectivity index (χ2n) is 11.2. The third kappa shape index (κ3) is 7.67. The Balaban J connectivity index is 0.000000757. The molecule has 1 aromatic heterocycles. The Labute approximate surface area is 224 Å². The molecule has 9 heteroatoms. The van der Waals surface area contributed by atoms with E-state index in [1.54, 1.807) is 30.3 Å². The number of aryl methyl sites for hydroxylation is 1. The number of carboxylic acids is 1. The summed E-state index contributed by atoms with van der Waals surface area (Å²) in [5, 5.41) is 25.6. The van der Waals surface area contributed by atoms with Crippen LogP contribution in [0, 0.1) is 23.7 Å². The first kappa shape index (κ1) is 30.1. The minimum atomic E-state index is -1.08. The number of ether oxygens (including phenoxy) is 1. The van der Waals surface area contributed by atoms with Crippen LogP contribution in [0.15, 0.2) is 42.7 Å². The lowest BCUT2D eigenvalue weighted by atomic mass is 9.85. The van der Waals surface area contributed by atoms with Gasteiger partial charge in [-0.1, -0.05) is 47.6 Å². The molecule has 0 saturated carbocycles. The molecule has 0 saturated heterocycles. The Morgan fingerprint density at radius 2 is 1.76 bits per heavy atom. The van der Waals surface area contributed by atoms with E-state index in [0.29, 0.717) is 33.7 Å². The monoisotopic (exact) mass is 519 g/mol. The zero-order valence-corrected chi connectivity index (χ0v) is 23.3. The Hall–Kier alpha value is -4.16. The Kier molecular flexibility index (Phi) is 9.43. The largest absolute Gasteiger partial charge is 0.493 e. The first-order valence-corrected chi connectivity index (χ1v) is 12.1. The first-order chi connectivity index (χ1) is 17.6. The molecule has 1 heterocycles. The summed E-state index contributed by atoms with van der Waals surface area (Å²) in [7, 11) is 1.45. The van der Waals surface area contributed by atoms with Crippen molar-refractivity contribution >= 4 is 17.6 Å². The molecule has 3 rings (SSSR count). The van der Waals surface area contributed by atoms with Gasteiger partial charge in [-0.05, 0) is 59.7 Å². The van der Waals surface area contributed by atoms with Crippen LogP contribution in [-0.4, -0.2) is 40.4 Å². The van der Waals surface area contributed by atoms with Crippen LogP contribution in [0.3, 0.4) is 0 Å². The molecule has 0 atom stereocenters. The van der Waals surface area contributed by atoms with Crippen molar-refractivity contribution in [3.05, 3.63) is 70.5 Å². The number of nitrogens with two attached hydrogens (primary N) is 1. The van der Waals surface area contributed by atoms with E-state index in [0.717, 1.165) is 17.7 Å². The van der Waals surface area contributed by atoms with Crippen molar-refractivity contribution in [2.24, 2.45) is 11.1 Å². The van der Waals surface area contributed by atoms with Gasteiger partial charge in [0.1, 0.15) is 6.07 Å². The highest BCUT2D eigenvalue weighted by molar-refractivity contribution is 6.05. The van der Waals surface area contributed by atoms with Gasteiger partial charge in [-0.25, -0.2) is 9.48 Å². The van der Waals surface area contributed by atoms with E-state index in [1.807, 2.05) is 27.7 Å². The fraction of sp³-hybridized carbons (Fsp3) is 0.379. The molecule has 202 valence electrons. The molecular formula is C29H37N5O4. The number of nitriles is 1. The van der Waals surface area contributed by atoms with Gasteiger partial charge in [0.25, 0.3) is 5.91 Å². The molecule has 0 aliphatic heterocycles. The van der Waals surface area contributed by atoms with Crippen LogP contribution in [0.1, 0.15) is 78.9 Å². The molecule has 0 unspecified atom stereocenters. The molecule has 0 aliphatic rings. The van der Waals surface area contributed by atoms with Gasteiger partial charge in [0.15, 0.2) is 5.75 Å². The molecule has 0 radical (unpaired) electrons. The average molecular weight is 520 g/mol. The topological polar surface area (TPSA) is 143 Å². The number of hydrogen-bond acceptors (Lipinski definition) is 6. The highest BCUT2D eigenvalue weighted by atomic mass is 16.5. The molecule has 0 bridgehead atoms. The van der Waals surface area contributed by atoms with Crippen LogP contribution in [0.2, 0.25) is 0 Å². The van der Waals surface area contributed by atoms with Gasteiger partial charge in [0.05, 0.1) is 35.8 Å². The SMILES string of the molecule is CC(C)(C)CN.COc1c(C#N)cc(C(C)(C)C)cc1NC(=O)c1ccc(C)c(-n2cc(C(=O)O)cn2)c1. The summed E-state index contributed by atoms with van der Waals surface area (Å²) in [4.78, 5) is 24.2. The van der Waals surface area contributed by atoms with E-state index in [-0.39, 0.29) is 11.0 Å². The third-order valence-corrected chi connectivity index (χ3v) is 5.69. The van der Waals surface area contributed by atoms with Crippen molar-refractivity contribution in [3.8, 4) is 17.5 Å². The number of aromatic nitrogens is 2. The van der Waals surface area contributed by atoms with E-state index < -0.39 is 11.9 Å². The van der Waals surface area contributed by atoms with E-state index in [1.165, 1.54) is 24.2 Å². The van der Waals surface area contributed by atoms with Gasteiger partial charge in [-0.3, -0.25) is 4.79 Å². The summed E-state index contributed by atoms with van der Waals surface area (Å²) in [6.45, 7) is 15.0. The maximum atomic E-state index is 13.1. The summed E-state index contributed by atoms with van der Waals surface area (Å²) < 4.78 is 6.82. The molecule has 9 nitrogen and oxygen atoms in total. The highest BCUT2D eigenvalue weighted by Gasteiger charge is 2.21. The summed E-state index contributed by atoms with van der Waals surface area (Å²) in [6, 6.07) is 10.8. The maximum Gasteiger partial charge on any atom is 0.338 e. The van der Waals surface area contributed by atoms with Gasteiger partial charge in [-0.15, -0.1) is 0 Å². The van der Waals surface area contributed by atoms with Crippen LogP contribution in [0.25, 0.3) is 5.69 Å². The Morgan fingerprint density at radius 3 is 2.24 bits per heavy atom. The van der Waals surface area contributed by atoms with Crippen molar-refractivity contribution in [2.45, 2.75) is 53.9 Å². The summed E-state index contributed by atoms with van der Waals surface area (Å²) in [5.74, 6) is -1.19. The van der Waals surface area contributed by atoms with Crippen molar-refractivity contribution < 1.29 is 19.4 Å². The minimum absolute atomic E-state index is 0.0482. The molecular weight excluding hydrogens is 482 g/mol. The first-order valence-electron chi connectivity index (χ1n) is 12.1. The van der Waals surface area contributed by atoms with Crippen LogP contribution < -0.4 is 15.8 Å². The number of aromatic carboxylic acids is 1. The molecule has 0 aliphatic carbocycles. The molecule has 2 aromatic carbocycles. The Bertz CT molecular complexity index is 1350. The van der Waals surface area contributed by atoms with Crippen molar-refractivity contribution in [1.29, 1.82) is 5.26 Å². The predicted molar refractivity (Wildman–Crippen MR) is 148 cm³/mol. The van der Waals surface area contributed by atoms with E-state index >= 15 is 0 Å². The summed E-state index contributed by atoms with van der Waals surface area (Å²) in [6.07, 6.45) is 2.64. The van der Waals surface area contributed by atoms with Crippen LogP contribution in [0.4, 0.5) is 5.69 Å². The molecule has 38 heavy (non-hydrogen) atoms. The van der Waals surface area contributed by atoms with E-state index in [2.05, 4.69) is 37.3 Å². The normalized spacial score (nSPS) is 11.2. The standard InChI is InChI=1S/C24H24N4O4.C5H13N/c1-14-6-7-15(9-20(14)28-13-17(12-26-28)23(30)31)22(29)27-19-10-18(24(2,3)4)8-16(11-25)21(19)32-5;1-5(2,3)4-6/h6-10,12-13H,1-5H3,(H,27,29)(H,30,31);4,6H2,1-3H3. The number of nitrogens with zero attached hydrogens (tertiary/aromatic N) is 3. The lowest BCUT2D eigenvalue weighted by Crippen LogP contribution is -2.18. The van der Waals surface area contributed by atoms with Gasteiger partial charge >= 0.3 is 5.97 Å². The van der Waals surface area contributed by atoms with Crippen LogP contribution in [-0.2, 0) is 5.41 Å². The van der Waals surface area contributed by atoms with E-state index in [4.69, 9.17) is 15.6 Å². The van der Waals surface area contributed by atoms with Crippen LogP contribution >= 0.6 is 0 Å². The Morgan fingerprint density at radius 1 is 1.13 bits per heavy atom. The maximum absolute atomic E-state index is 13.1. The lowest BCUT2D eigenvalue weighted by molar-refractivity contribution is 0.0696. The van der Waals surface area contributed by atoms with Gasteiger partial charge in [0, 0.05) is 11.8 Å². The number of carbonyl (C=O) groups is 2. The zero-order valence-electron chi connectivity index (χ0n) is 23.3. The fourth-order valence-corrected chi connectivity index (χ4v) is 3.21. The second kappa shape index (κ2) is 11.9. The smallest absolute Gasteiger partial charge is 0.338 e. The number of anilines is 1. The molecule has 0 fully saturated rings. The van der Waals surface area contributed by atoms with Gasteiger partial charge in [0.2, 0.25) is 0 Å². The lowest BCUT2D eigenvalue weighted by Gasteiger charge is -2.22. The minimum Gasteiger partial charge on any atom is -0.493 e. The van der Waals surface area contributed by atoms with Crippen molar-refractivity contribution in [1.82, 2.24) is 9.78 Å². The molecule has 4 N–H and O–H groups in total. The second-order valence-corrected chi connectivity index (χ2v) is 11.2. The predicted octanol–water partition coefficient (Wildman–Crippen LogP) is 5.30. The number of methoxy groups -OCH3 is 1. The van der Waals surface area contributed by atoms with Gasteiger partial charge < -0.3 is 20.9 Å². The van der Waals surface area contributed by atoms with Crippen molar-refractivity contribution in [2.75, 3.05) is 19.0 Å². The molecule has 0 spiro atoms. The van der Waals surface area contributed by atoms with E-state index in [9.17, 15) is 14.9 Å². The number of nitrogens with one attached hydrogen (secondary N) is 1. The quantitative estimate of drug-likeness (QED) is 0.415. The number of amides is 1. The third-order valence-electron chi connectivity index (χ3n) is 5.69. The zero-order chi connectivity index (χ0) is 28.8. The number of benzene rings is 2. The average Bonchev–Trinajstić information content (AvgIpc) is 3.33.